The van der Waals surface area contributed by atoms with Gasteiger partial charge in [-0.2, -0.15) is 0 Å². The molecule has 3 atom stereocenters. The predicted molar refractivity (Wildman–Crippen MR) is 68.9 cm³/mol. The largest absolute Gasteiger partial charge is 0.377 e. The van der Waals surface area contributed by atoms with Crippen molar-refractivity contribution >= 4 is 5.91 Å². The third kappa shape index (κ3) is 1.42. The van der Waals surface area contributed by atoms with Crippen molar-refractivity contribution in [3.05, 3.63) is 0 Å². The first kappa shape index (κ1) is 12.4. The Hall–Kier alpha value is -0.610. The van der Waals surface area contributed by atoms with Gasteiger partial charge in [0.15, 0.2) is 0 Å². The summed E-state index contributed by atoms with van der Waals surface area (Å²) < 4.78 is 5.82. The van der Waals surface area contributed by atoms with Gasteiger partial charge in [-0.1, -0.05) is 13.8 Å². The SMILES string of the molecule is CC1(C)C2OCCCC2C1(N)C(=O)NC1CCC1. The van der Waals surface area contributed by atoms with Crippen molar-refractivity contribution in [2.45, 2.75) is 63.6 Å². The van der Waals surface area contributed by atoms with Crippen LogP contribution in [0.5, 0.6) is 0 Å². The van der Waals surface area contributed by atoms with E-state index in [4.69, 9.17) is 10.5 Å². The highest BCUT2D eigenvalue weighted by Gasteiger charge is 2.70. The number of carbonyl (C=O) groups excluding carboxylic acids is 1. The normalized spacial score (nSPS) is 42.4. The van der Waals surface area contributed by atoms with Gasteiger partial charge in [0.05, 0.1) is 6.10 Å². The number of fused-ring (bicyclic) bond motifs is 1. The Morgan fingerprint density at radius 3 is 2.61 bits per heavy atom. The average Bonchev–Trinajstić information content (AvgIpc) is 2.32. The lowest BCUT2D eigenvalue weighted by Crippen LogP contribution is -2.82. The maximum Gasteiger partial charge on any atom is 0.241 e. The lowest BCUT2D eigenvalue weighted by molar-refractivity contribution is -0.225. The standard InChI is InChI=1S/C14H24N2O2/c1-13(2)11-10(7-4-8-18-11)14(13,15)12(17)16-9-5-3-6-9/h9-11H,3-8,15H2,1-2H3,(H,16,17). The maximum atomic E-state index is 12.5. The van der Waals surface area contributed by atoms with E-state index < -0.39 is 5.54 Å². The lowest BCUT2D eigenvalue weighted by Gasteiger charge is -2.65. The molecule has 2 aliphatic carbocycles. The molecule has 0 spiro atoms. The second kappa shape index (κ2) is 3.94. The van der Waals surface area contributed by atoms with Crippen LogP contribution in [0.25, 0.3) is 0 Å². The molecule has 3 aliphatic rings. The number of nitrogens with two attached hydrogens (primary N) is 1. The Morgan fingerprint density at radius 1 is 1.28 bits per heavy atom. The van der Waals surface area contributed by atoms with Crippen molar-refractivity contribution in [1.82, 2.24) is 5.32 Å². The summed E-state index contributed by atoms with van der Waals surface area (Å²) in [7, 11) is 0. The molecular formula is C14H24N2O2. The molecule has 2 saturated carbocycles. The number of hydrogen-bond donors (Lipinski definition) is 2. The van der Waals surface area contributed by atoms with Gasteiger partial charge in [0, 0.05) is 24.0 Å². The van der Waals surface area contributed by atoms with Crippen LogP contribution in [-0.2, 0) is 9.53 Å². The zero-order valence-corrected chi connectivity index (χ0v) is 11.4. The summed E-state index contributed by atoms with van der Waals surface area (Å²) in [5.74, 6) is 0.241. The molecule has 0 aromatic rings. The molecule has 1 amide bonds. The minimum absolute atomic E-state index is 0.0453. The first-order chi connectivity index (χ1) is 8.48. The van der Waals surface area contributed by atoms with Crippen LogP contribution in [-0.4, -0.2) is 30.2 Å². The van der Waals surface area contributed by atoms with Crippen molar-refractivity contribution < 1.29 is 9.53 Å². The number of carbonyl (C=O) groups is 1. The van der Waals surface area contributed by atoms with Crippen LogP contribution < -0.4 is 11.1 Å². The average molecular weight is 252 g/mol. The van der Waals surface area contributed by atoms with Gasteiger partial charge in [0.2, 0.25) is 5.91 Å². The molecule has 4 heteroatoms. The Morgan fingerprint density at radius 2 is 2.00 bits per heavy atom. The smallest absolute Gasteiger partial charge is 0.241 e. The van der Waals surface area contributed by atoms with Gasteiger partial charge in [-0.25, -0.2) is 0 Å². The van der Waals surface area contributed by atoms with E-state index in [1.54, 1.807) is 0 Å². The van der Waals surface area contributed by atoms with Gasteiger partial charge in [-0.3, -0.25) is 4.79 Å². The van der Waals surface area contributed by atoms with E-state index in [0.29, 0.717) is 6.04 Å². The van der Waals surface area contributed by atoms with E-state index in [-0.39, 0.29) is 23.3 Å². The Labute approximate surface area is 109 Å². The predicted octanol–water partition coefficient (Wildman–Crippen LogP) is 1.19. The zero-order valence-electron chi connectivity index (χ0n) is 11.4. The number of amides is 1. The maximum absolute atomic E-state index is 12.5. The number of ether oxygens (including phenoxy) is 1. The summed E-state index contributed by atoms with van der Waals surface area (Å²) in [6.07, 6.45) is 5.62. The van der Waals surface area contributed by atoms with E-state index >= 15 is 0 Å². The lowest BCUT2D eigenvalue weighted by atomic mass is 9.46. The molecule has 0 bridgehead atoms. The highest BCUT2D eigenvalue weighted by Crippen LogP contribution is 2.57. The summed E-state index contributed by atoms with van der Waals surface area (Å²) in [5.41, 5.74) is 5.51. The summed E-state index contributed by atoms with van der Waals surface area (Å²) in [6, 6.07) is 0.359. The van der Waals surface area contributed by atoms with Gasteiger partial charge in [0.25, 0.3) is 0 Å². The van der Waals surface area contributed by atoms with Crippen LogP contribution in [0.3, 0.4) is 0 Å². The summed E-state index contributed by atoms with van der Waals surface area (Å²) in [5, 5.41) is 3.13. The van der Waals surface area contributed by atoms with Crippen LogP contribution in [0.4, 0.5) is 0 Å². The minimum Gasteiger partial charge on any atom is -0.377 e. The Balaban J connectivity index is 1.77. The van der Waals surface area contributed by atoms with Crippen LogP contribution in [0.2, 0.25) is 0 Å². The molecule has 3 N–H and O–H groups in total. The molecule has 1 heterocycles. The van der Waals surface area contributed by atoms with Gasteiger partial charge in [-0.15, -0.1) is 0 Å². The molecule has 3 rings (SSSR count). The van der Waals surface area contributed by atoms with E-state index in [2.05, 4.69) is 19.2 Å². The molecule has 0 aromatic heterocycles. The highest BCUT2D eigenvalue weighted by molar-refractivity contribution is 5.89. The third-order valence-electron chi connectivity index (χ3n) is 5.50. The first-order valence-corrected chi connectivity index (χ1v) is 7.19. The van der Waals surface area contributed by atoms with E-state index in [1.807, 2.05) is 0 Å². The van der Waals surface area contributed by atoms with Crippen molar-refractivity contribution in [2.24, 2.45) is 17.1 Å². The fraction of sp³-hybridized carbons (Fsp3) is 0.929. The van der Waals surface area contributed by atoms with Crippen LogP contribution in [0, 0.1) is 11.3 Å². The molecule has 18 heavy (non-hydrogen) atoms. The molecule has 0 radical (unpaired) electrons. The number of nitrogens with one attached hydrogen (secondary N) is 1. The van der Waals surface area contributed by atoms with E-state index in [9.17, 15) is 4.79 Å². The van der Waals surface area contributed by atoms with Gasteiger partial charge in [0.1, 0.15) is 5.54 Å². The van der Waals surface area contributed by atoms with E-state index in [1.165, 1.54) is 6.42 Å². The minimum atomic E-state index is -0.742. The van der Waals surface area contributed by atoms with Gasteiger partial charge >= 0.3 is 0 Å². The Bertz CT molecular complexity index is 365. The second-order valence-corrected chi connectivity index (χ2v) is 6.73. The molecule has 0 aromatic carbocycles. The summed E-state index contributed by atoms with van der Waals surface area (Å²) in [4.78, 5) is 12.5. The zero-order chi connectivity index (χ0) is 13.0. The fourth-order valence-corrected chi connectivity index (χ4v) is 3.89. The van der Waals surface area contributed by atoms with Crippen LogP contribution in [0.15, 0.2) is 0 Å². The van der Waals surface area contributed by atoms with Crippen molar-refractivity contribution in [3.8, 4) is 0 Å². The third-order valence-corrected chi connectivity index (χ3v) is 5.50. The van der Waals surface area contributed by atoms with Crippen molar-refractivity contribution in [3.63, 3.8) is 0 Å². The van der Waals surface area contributed by atoms with Crippen LogP contribution >= 0.6 is 0 Å². The quantitative estimate of drug-likeness (QED) is 0.776. The monoisotopic (exact) mass is 252 g/mol. The second-order valence-electron chi connectivity index (χ2n) is 6.73. The van der Waals surface area contributed by atoms with Crippen LogP contribution in [0.1, 0.15) is 46.0 Å². The number of rotatable bonds is 2. The van der Waals surface area contributed by atoms with Crippen molar-refractivity contribution in [1.29, 1.82) is 0 Å². The molecule has 102 valence electrons. The van der Waals surface area contributed by atoms with Gasteiger partial charge < -0.3 is 15.8 Å². The van der Waals surface area contributed by atoms with E-state index in [0.717, 1.165) is 32.3 Å². The Kier molecular flexibility index (Phi) is 2.72. The molecule has 3 unspecified atom stereocenters. The molecular weight excluding hydrogens is 228 g/mol. The summed E-state index contributed by atoms with van der Waals surface area (Å²) in [6.45, 7) is 4.95. The molecule has 1 aliphatic heterocycles. The van der Waals surface area contributed by atoms with Crippen molar-refractivity contribution in [2.75, 3.05) is 6.61 Å². The molecule has 3 fully saturated rings. The summed E-state index contributed by atoms with van der Waals surface area (Å²) >= 11 is 0. The first-order valence-electron chi connectivity index (χ1n) is 7.19. The number of hydrogen-bond acceptors (Lipinski definition) is 3. The highest BCUT2D eigenvalue weighted by atomic mass is 16.5. The molecule has 4 nitrogen and oxygen atoms in total. The topological polar surface area (TPSA) is 64.3 Å². The van der Waals surface area contributed by atoms with Gasteiger partial charge in [-0.05, 0) is 32.1 Å². The molecule has 1 saturated heterocycles. The fourth-order valence-electron chi connectivity index (χ4n) is 3.89.